The lowest BCUT2D eigenvalue weighted by Gasteiger charge is -2.33. The highest BCUT2D eigenvalue weighted by molar-refractivity contribution is 5.82. The first kappa shape index (κ1) is 15.5. The van der Waals surface area contributed by atoms with Gasteiger partial charge in [0.1, 0.15) is 5.60 Å². The highest BCUT2D eigenvalue weighted by Crippen LogP contribution is 2.28. The van der Waals surface area contributed by atoms with Gasteiger partial charge in [0.05, 0.1) is 5.70 Å². The molecular weight excluding hydrogens is 271 g/mol. The van der Waals surface area contributed by atoms with E-state index in [1.165, 1.54) is 12.3 Å². The van der Waals surface area contributed by atoms with Gasteiger partial charge in [0.15, 0.2) is 0 Å². The van der Waals surface area contributed by atoms with E-state index in [0.29, 0.717) is 18.0 Å². The van der Waals surface area contributed by atoms with Gasteiger partial charge in [0.2, 0.25) is 5.95 Å². The summed E-state index contributed by atoms with van der Waals surface area (Å²) in [7, 11) is 0. The Kier molecular flexibility index (Phi) is 4.30. The molecule has 0 fully saturated rings. The number of hydrogen-bond donors (Lipinski definition) is 0. The number of carbonyl (C=O) groups is 1. The summed E-state index contributed by atoms with van der Waals surface area (Å²) < 4.78 is 18.4. The van der Waals surface area contributed by atoms with E-state index in [0.717, 1.165) is 12.1 Å². The van der Waals surface area contributed by atoms with Crippen molar-refractivity contribution in [3.8, 4) is 0 Å². The Morgan fingerprint density at radius 1 is 1.43 bits per heavy atom. The summed E-state index contributed by atoms with van der Waals surface area (Å²) in [6, 6.07) is 2.92. The van der Waals surface area contributed by atoms with Crippen molar-refractivity contribution >= 4 is 11.8 Å². The first-order valence-electron chi connectivity index (χ1n) is 7.09. The van der Waals surface area contributed by atoms with Crippen molar-refractivity contribution in [1.82, 2.24) is 9.88 Å². The van der Waals surface area contributed by atoms with Gasteiger partial charge in [-0.25, -0.2) is 9.78 Å². The maximum atomic E-state index is 13.0. The third-order valence-electron chi connectivity index (χ3n) is 3.14. The largest absolute Gasteiger partial charge is 0.443 e. The van der Waals surface area contributed by atoms with Crippen molar-refractivity contribution < 1.29 is 13.9 Å². The fraction of sp³-hybridized carbons (Fsp3) is 0.500. The molecular formula is C16H21FN2O2. The summed E-state index contributed by atoms with van der Waals surface area (Å²) in [5.74, 6) is -0.179. The minimum absolute atomic E-state index is 0.356. The van der Waals surface area contributed by atoms with Crippen LogP contribution in [-0.2, 0) is 4.74 Å². The summed E-state index contributed by atoms with van der Waals surface area (Å²) >= 11 is 0. The summed E-state index contributed by atoms with van der Waals surface area (Å²) in [5.41, 5.74) is 0.896. The molecule has 0 radical (unpaired) electrons. The zero-order valence-electron chi connectivity index (χ0n) is 12.9. The van der Waals surface area contributed by atoms with Crippen LogP contribution in [0.2, 0.25) is 0 Å². The molecule has 114 valence electrons. The molecule has 1 aromatic rings. The zero-order chi connectivity index (χ0) is 15.6. The van der Waals surface area contributed by atoms with Gasteiger partial charge in [-0.15, -0.1) is 0 Å². The predicted molar refractivity (Wildman–Crippen MR) is 78.9 cm³/mol. The number of amides is 1. The second kappa shape index (κ2) is 5.84. The minimum atomic E-state index is -0.552. The first-order valence-corrected chi connectivity index (χ1v) is 7.09. The van der Waals surface area contributed by atoms with Crippen molar-refractivity contribution in [3.63, 3.8) is 0 Å². The molecule has 0 spiro atoms. The molecule has 0 saturated heterocycles. The lowest BCUT2D eigenvalue weighted by atomic mass is 9.99. The quantitative estimate of drug-likeness (QED) is 0.739. The van der Waals surface area contributed by atoms with Crippen molar-refractivity contribution in [2.75, 3.05) is 6.54 Å². The number of halogens is 1. The fourth-order valence-electron chi connectivity index (χ4n) is 2.20. The molecule has 2 rings (SSSR count). The average molecular weight is 292 g/mol. The van der Waals surface area contributed by atoms with Crippen LogP contribution in [0.3, 0.4) is 0 Å². The molecule has 4 nitrogen and oxygen atoms in total. The van der Waals surface area contributed by atoms with Gasteiger partial charge in [0, 0.05) is 18.3 Å². The molecule has 1 amide bonds. The highest BCUT2D eigenvalue weighted by atomic mass is 19.1. The normalized spacial score (nSPS) is 19.2. The zero-order valence-corrected chi connectivity index (χ0v) is 12.9. The van der Waals surface area contributed by atoms with Crippen LogP contribution in [0, 0.1) is 11.9 Å². The van der Waals surface area contributed by atoms with Crippen LogP contribution >= 0.6 is 0 Å². The van der Waals surface area contributed by atoms with E-state index in [9.17, 15) is 9.18 Å². The Morgan fingerprint density at radius 2 is 2.14 bits per heavy atom. The van der Waals surface area contributed by atoms with E-state index in [1.54, 1.807) is 11.0 Å². The van der Waals surface area contributed by atoms with E-state index < -0.39 is 11.5 Å². The molecule has 5 heteroatoms. The van der Waals surface area contributed by atoms with Crippen molar-refractivity contribution in [2.45, 2.75) is 39.7 Å². The molecule has 0 unspecified atom stereocenters. The lowest BCUT2D eigenvalue weighted by molar-refractivity contribution is 0.0327. The van der Waals surface area contributed by atoms with Crippen LogP contribution in [0.4, 0.5) is 9.18 Å². The smallest absolute Gasteiger partial charge is 0.414 e. The maximum absolute atomic E-state index is 13.0. The summed E-state index contributed by atoms with van der Waals surface area (Å²) in [5, 5.41) is 0. The molecule has 0 bridgehead atoms. The van der Waals surface area contributed by atoms with Gasteiger partial charge >= 0.3 is 6.09 Å². The number of pyridine rings is 1. The number of allylic oxidation sites excluding steroid dienone is 1. The Labute approximate surface area is 124 Å². The summed E-state index contributed by atoms with van der Waals surface area (Å²) in [6.45, 7) is 8.16. The van der Waals surface area contributed by atoms with Crippen LogP contribution in [0.25, 0.3) is 5.70 Å². The maximum Gasteiger partial charge on any atom is 0.414 e. The lowest BCUT2D eigenvalue weighted by Crippen LogP contribution is -2.39. The number of aromatic nitrogens is 1. The fourth-order valence-corrected chi connectivity index (χ4v) is 2.20. The molecule has 0 saturated carbocycles. The second-order valence-electron chi connectivity index (χ2n) is 6.39. The molecule has 0 aromatic carbocycles. The van der Waals surface area contributed by atoms with Crippen molar-refractivity contribution in [1.29, 1.82) is 0 Å². The van der Waals surface area contributed by atoms with Gasteiger partial charge in [-0.05, 0) is 45.2 Å². The Bertz CT molecular complexity index is 546. The van der Waals surface area contributed by atoms with Crippen LogP contribution in [0.15, 0.2) is 24.4 Å². The Morgan fingerprint density at radius 3 is 2.71 bits per heavy atom. The van der Waals surface area contributed by atoms with Crippen LogP contribution in [0.5, 0.6) is 0 Å². The molecule has 1 aliphatic rings. The minimum Gasteiger partial charge on any atom is -0.443 e. The van der Waals surface area contributed by atoms with Gasteiger partial charge < -0.3 is 4.74 Å². The SMILES string of the molecule is C[C@H]1CC=C(c2ccc(F)nc2)N(C(=O)OC(C)(C)C)C1. The summed E-state index contributed by atoms with van der Waals surface area (Å²) in [6.07, 6.45) is 3.90. The number of ether oxygens (including phenoxy) is 1. The van der Waals surface area contributed by atoms with Gasteiger partial charge in [-0.1, -0.05) is 13.0 Å². The monoisotopic (exact) mass is 292 g/mol. The van der Waals surface area contributed by atoms with Crippen molar-refractivity contribution in [3.05, 3.63) is 35.9 Å². The third kappa shape index (κ3) is 4.03. The van der Waals surface area contributed by atoms with Gasteiger partial charge in [0.25, 0.3) is 0 Å². The topological polar surface area (TPSA) is 42.4 Å². The highest BCUT2D eigenvalue weighted by Gasteiger charge is 2.29. The van der Waals surface area contributed by atoms with E-state index in [2.05, 4.69) is 11.9 Å². The molecule has 0 aliphatic carbocycles. The number of rotatable bonds is 1. The summed E-state index contributed by atoms with van der Waals surface area (Å²) in [4.78, 5) is 17.6. The van der Waals surface area contributed by atoms with E-state index in [-0.39, 0.29) is 6.09 Å². The Hall–Kier alpha value is -1.91. The van der Waals surface area contributed by atoms with Crippen LogP contribution < -0.4 is 0 Å². The van der Waals surface area contributed by atoms with Crippen LogP contribution in [-0.4, -0.2) is 28.1 Å². The number of carbonyl (C=O) groups excluding carboxylic acids is 1. The Balaban J connectivity index is 2.28. The van der Waals surface area contributed by atoms with Crippen LogP contribution in [0.1, 0.15) is 39.7 Å². The molecule has 1 aromatic heterocycles. The van der Waals surface area contributed by atoms with E-state index >= 15 is 0 Å². The van der Waals surface area contributed by atoms with E-state index in [4.69, 9.17) is 4.74 Å². The first-order chi connectivity index (χ1) is 9.76. The third-order valence-corrected chi connectivity index (χ3v) is 3.14. The predicted octanol–water partition coefficient (Wildman–Crippen LogP) is 3.84. The van der Waals surface area contributed by atoms with E-state index in [1.807, 2.05) is 26.8 Å². The molecule has 1 aliphatic heterocycles. The number of hydrogen-bond acceptors (Lipinski definition) is 3. The van der Waals surface area contributed by atoms with Gasteiger partial charge in [-0.3, -0.25) is 4.90 Å². The van der Waals surface area contributed by atoms with Gasteiger partial charge in [-0.2, -0.15) is 4.39 Å². The molecule has 1 atom stereocenters. The molecule has 21 heavy (non-hydrogen) atoms. The number of nitrogens with zero attached hydrogens (tertiary/aromatic N) is 2. The molecule has 2 heterocycles. The average Bonchev–Trinajstić information content (AvgIpc) is 2.38. The standard InChI is InChI=1S/C16H21FN2O2/c1-11-5-7-13(12-6-8-14(17)18-9-12)19(10-11)15(20)21-16(2,3)4/h6-9,11H,5,10H2,1-4H3/t11-/m0/s1. The van der Waals surface area contributed by atoms with Crippen molar-refractivity contribution in [2.24, 2.45) is 5.92 Å². The second-order valence-corrected chi connectivity index (χ2v) is 6.39. The molecule has 0 N–H and O–H groups in total.